The van der Waals surface area contributed by atoms with Gasteiger partial charge in [-0.25, -0.2) is 0 Å². The van der Waals surface area contributed by atoms with Crippen LogP contribution in [-0.2, 0) is 20.8 Å². The molecule has 0 bridgehead atoms. The maximum absolute atomic E-state index is 14.3. The van der Waals surface area contributed by atoms with Gasteiger partial charge in [0.25, 0.3) is 0 Å². The molecule has 3 aromatic rings. The van der Waals surface area contributed by atoms with Crippen molar-refractivity contribution >= 4 is 34.2 Å². The molecule has 0 spiro atoms. The smallest absolute Gasteiger partial charge is 0.247 e. The average molecular weight is 540 g/mol. The molecular weight excluding hydrogens is 502 g/mol. The van der Waals surface area contributed by atoms with Gasteiger partial charge in [0.15, 0.2) is 0 Å². The fourth-order valence-corrected chi connectivity index (χ4v) is 6.59. The Bertz CT molecular complexity index is 1410. The van der Waals surface area contributed by atoms with Gasteiger partial charge in [-0.3, -0.25) is 14.4 Å². The fourth-order valence-electron chi connectivity index (χ4n) is 6.59. The lowest BCUT2D eigenvalue weighted by Crippen LogP contribution is -2.51. The number of allylic oxidation sites excluding steroid dienone is 1. The number of likely N-dealkylation sites (tertiary alicyclic amines) is 1. The van der Waals surface area contributed by atoms with Crippen LogP contribution in [0.3, 0.4) is 0 Å². The summed E-state index contributed by atoms with van der Waals surface area (Å²) in [6.45, 7) is 1.76. The highest BCUT2D eigenvalue weighted by atomic mass is 16.3. The van der Waals surface area contributed by atoms with E-state index in [1.165, 1.54) is 0 Å². The largest absolute Gasteiger partial charge is 0.394 e. The van der Waals surface area contributed by atoms with Crippen LogP contribution in [0, 0.1) is 23.7 Å². The van der Waals surface area contributed by atoms with E-state index >= 15 is 0 Å². The van der Waals surface area contributed by atoms with E-state index in [9.17, 15) is 19.5 Å². The second kappa shape index (κ2) is 12.0. The van der Waals surface area contributed by atoms with Crippen LogP contribution in [0.15, 0.2) is 84.9 Å². The lowest BCUT2D eigenvalue weighted by atomic mass is 9.68. The molecule has 2 aliphatic rings. The van der Waals surface area contributed by atoms with Gasteiger partial charge in [0.2, 0.25) is 17.7 Å². The van der Waals surface area contributed by atoms with Crippen LogP contribution in [0.25, 0.3) is 10.8 Å². The van der Waals surface area contributed by atoms with Crippen LogP contribution in [0.5, 0.6) is 0 Å². The highest BCUT2D eigenvalue weighted by Gasteiger charge is 2.58. The SMILES string of the molecule is CCC[C@@H]1C=C[C@H]2[C@@H](C(=O)N([C@@H](CO)Cc3ccccc3)[C@@H]2C(=O)Nc2ccc3ccccc3c2)[C@@H]1C(=O)NC. The number of aliphatic hydroxyl groups is 1. The lowest BCUT2D eigenvalue weighted by Gasteiger charge is -2.34. The van der Waals surface area contributed by atoms with Crippen LogP contribution >= 0.6 is 0 Å². The van der Waals surface area contributed by atoms with E-state index < -0.39 is 29.8 Å². The quantitative estimate of drug-likeness (QED) is 0.356. The summed E-state index contributed by atoms with van der Waals surface area (Å²) in [5.74, 6) is -2.61. The molecule has 3 N–H and O–H groups in total. The van der Waals surface area contributed by atoms with Crippen molar-refractivity contribution in [2.45, 2.75) is 38.3 Å². The zero-order valence-electron chi connectivity index (χ0n) is 23.0. The number of nitrogens with one attached hydrogen (secondary N) is 2. The van der Waals surface area contributed by atoms with E-state index in [1.807, 2.05) is 84.9 Å². The summed E-state index contributed by atoms with van der Waals surface area (Å²) in [5, 5.41) is 18.4. The molecule has 1 saturated heterocycles. The number of amides is 3. The second-order valence-electron chi connectivity index (χ2n) is 10.8. The van der Waals surface area contributed by atoms with Crippen molar-refractivity contribution in [1.29, 1.82) is 0 Å². The molecular formula is C33H37N3O4. The molecule has 0 radical (unpaired) electrons. The molecule has 3 amide bonds. The summed E-state index contributed by atoms with van der Waals surface area (Å²) in [4.78, 5) is 43.1. The molecule has 6 atom stereocenters. The molecule has 5 rings (SSSR count). The lowest BCUT2D eigenvalue weighted by molar-refractivity contribution is -0.142. The number of aliphatic hydroxyl groups excluding tert-OH is 1. The summed E-state index contributed by atoms with van der Waals surface area (Å²) >= 11 is 0. The number of carbonyl (C=O) groups is 3. The van der Waals surface area contributed by atoms with Crippen molar-refractivity contribution in [2.24, 2.45) is 23.7 Å². The third-order valence-electron chi connectivity index (χ3n) is 8.42. The third kappa shape index (κ3) is 5.26. The van der Waals surface area contributed by atoms with Crippen LogP contribution in [0.1, 0.15) is 25.3 Å². The first kappa shape index (κ1) is 27.6. The Balaban J connectivity index is 1.54. The first-order chi connectivity index (χ1) is 19.5. The normalized spacial score (nSPS) is 24.5. The van der Waals surface area contributed by atoms with Crippen molar-refractivity contribution < 1.29 is 19.5 Å². The van der Waals surface area contributed by atoms with Crippen molar-refractivity contribution in [3.63, 3.8) is 0 Å². The van der Waals surface area contributed by atoms with E-state index in [0.717, 1.165) is 29.2 Å². The van der Waals surface area contributed by atoms with Crippen LogP contribution < -0.4 is 10.6 Å². The van der Waals surface area contributed by atoms with Crippen molar-refractivity contribution in [3.8, 4) is 0 Å². The Labute approximate surface area is 235 Å². The number of carbonyl (C=O) groups excluding carboxylic acids is 3. The zero-order chi connectivity index (χ0) is 28.2. The van der Waals surface area contributed by atoms with E-state index in [4.69, 9.17) is 0 Å². The van der Waals surface area contributed by atoms with Gasteiger partial charge >= 0.3 is 0 Å². The van der Waals surface area contributed by atoms with E-state index in [-0.39, 0.29) is 30.2 Å². The number of anilines is 1. The first-order valence-electron chi connectivity index (χ1n) is 14.1. The molecule has 7 heteroatoms. The summed E-state index contributed by atoms with van der Waals surface area (Å²) in [7, 11) is 1.59. The maximum atomic E-state index is 14.3. The van der Waals surface area contributed by atoms with Gasteiger partial charge in [-0.05, 0) is 47.2 Å². The number of hydrogen-bond acceptors (Lipinski definition) is 4. The molecule has 7 nitrogen and oxygen atoms in total. The summed E-state index contributed by atoms with van der Waals surface area (Å²) < 4.78 is 0. The fraction of sp³-hybridized carbons (Fsp3) is 0.364. The highest BCUT2D eigenvalue weighted by Crippen LogP contribution is 2.46. The number of rotatable bonds is 9. The van der Waals surface area contributed by atoms with E-state index in [1.54, 1.807) is 11.9 Å². The summed E-state index contributed by atoms with van der Waals surface area (Å²) in [6.07, 6.45) is 6.02. The highest BCUT2D eigenvalue weighted by molar-refractivity contribution is 6.03. The Hall–Kier alpha value is -3.97. The second-order valence-corrected chi connectivity index (χ2v) is 10.8. The van der Waals surface area contributed by atoms with Crippen LogP contribution in [-0.4, -0.2) is 53.5 Å². The van der Waals surface area contributed by atoms with Gasteiger partial charge < -0.3 is 20.6 Å². The molecule has 3 aromatic carbocycles. The number of hydrogen-bond donors (Lipinski definition) is 3. The standard InChI is InChI=1S/C33H37N3O4/c1-3-9-23-15-17-27-29(28(23)31(38)34-2)33(40)36(26(20-37)18-21-10-5-4-6-11-21)30(27)32(39)35-25-16-14-22-12-7-8-13-24(22)19-25/h4-8,10-17,19,23,26-30,37H,3,9,18,20H2,1-2H3,(H,34,38)(H,35,39)/t23-,26-,27+,28-,29-,30+/m1/s1. The molecule has 1 aliphatic carbocycles. The summed E-state index contributed by atoms with van der Waals surface area (Å²) in [6, 6.07) is 21.8. The van der Waals surface area contributed by atoms with Crippen molar-refractivity contribution in [2.75, 3.05) is 19.0 Å². The molecule has 208 valence electrons. The Morgan fingerprint density at radius 2 is 1.68 bits per heavy atom. The molecule has 0 aromatic heterocycles. The number of fused-ring (bicyclic) bond motifs is 2. The minimum Gasteiger partial charge on any atom is -0.394 e. The Morgan fingerprint density at radius 1 is 0.950 bits per heavy atom. The monoisotopic (exact) mass is 539 g/mol. The Morgan fingerprint density at radius 3 is 2.38 bits per heavy atom. The molecule has 0 unspecified atom stereocenters. The van der Waals surface area contributed by atoms with E-state index in [2.05, 4.69) is 17.6 Å². The summed E-state index contributed by atoms with van der Waals surface area (Å²) in [5.41, 5.74) is 1.59. The zero-order valence-corrected chi connectivity index (χ0v) is 23.0. The minimum atomic E-state index is -0.865. The Kier molecular flexibility index (Phi) is 8.31. The maximum Gasteiger partial charge on any atom is 0.247 e. The van der Waals surface area contributed by atoms with Crippen LogP contribution in [0.4, 0.5) is 5.69 Å². The predicted octanol–water partition coefficient (Wildman–Crippen LogP) is 4.17. The first-order valence-corrected chi connectivity index (χ1v) is 14.1. The van der Waals surface area contributed by atoms with Crippen molar-refractivity contribution in [3.05, 3.63) is 90.5 Å². The van der Waals surface area contributed by atoms with Gasteiger partial charge in [-0.15, -0.1) is 0 Å². The van der Waals surface area contributed by atoms with Crippen molar-refractivity contribution in [1.82, 2.24) is 10.2 Å². The third-order valence-corrected chi connectivity index (χ3v) is 8.42. The number of nitrogens with zero attached hydrogens (tertiary/aromatic N) is 1. The molecule has 1 heterocycles. The minimum absolute atomic E-state index is 0.0963. The molecule has 0 saturated carbocycles. The molecule has 40 heavy (non-hydrogen) atoms. The van der Waals surface area contributed by atoms with Gasteiger partial charge in [-0.1, -0.05) is 86.2 Å². The van der Waals surface area contributed by atoms with Gasteiger partial charge in [0.05, 0.1) is 24.5 Å². The average Bonchev–Trinajstić information content (AvgIpc) is 3.28. The van der Waals surface area contributed by atoms with Gasteiger partial charge in [-0.2, -0.15) is 0 Å². The number of benzene rings is 3. The van der Waals surface area contributed by atoms with E-state index in [0.29, 0.717) is 12.1 Å². The molecule has 1 fully saturated rings. The van der Waals surface area contributed by atoms with Gasteiger partial charge in [0.1, 0.15) is 6.04 Å². The molecule has 1 aliphatic heterocycles. The predicted molar refractivity (Wildman–Crippen MR) is 156 cm³/mol. The van der Waals surface area contributed by atoms with Crippen LogP contribution in [0.2, 0.25) is 0 Å². The topological polar surface area (TPSA) is 98.7 Å². The van der Waals surface area contributed by atoms with Gasteiger partial charge in [0, 0.05) is 18.7 Å².